The number of carbonyl (C=O) groups is 4. The molecule has 0 spiro atoms. The van der Waals surface area contributed by atoms with Gasteiger partial charge < -0.3 is 30.2 Å². The van der Waals surface area contributed by atoms with Gasteiger partial charge in [0.1, 0.15) is 0 Å². The molecule has 4 heterocycles. The number of nitrogens with zero attached hydrogens (tertiary/aromatic N) is 5. The minimum Gasteiger partial charge on any atom is -0.399 e. The van der Waals surface area contributed by atoms with E-state index in [4.69, 9.17) is 5.73 Å². The van der Waals surface area contributed by atoms with Crippen molar-refractivity contribution in [2.45, 2.75) is 137 Å². The molecule has 10 nitrogen and oxygen atoms in total. The van der Waals surface area contributed by atoms with Crippen LogP contribution in [0.25, 0.3) is 65.9 Å². The summed E-state index contributed by atoms with van der Waals surface area (Å²) in [6, 6.07) is 70.9. The van der Waals surface area contributed by atoms with Gasteiger partial charge in [-0.05, 0) is 183 Å². The topological polar surface area (TPSA) is 110 Å². The van der Waals surface area contributed by atoms with E-state index in [-0.39, 0.29) is 23.6 Å². The first-order valence-electron chi connectivity index (χ1n) is 37.0. The number of amides is 4. The summed E-state index contributed by atoms with van der Waals surface area (Å²) in [5.74, 6) is -0.216. The number of halogens is 2. The maximum atomic E-state index is 14.5. The summed E-state index contributed by atoms with van der Waals surface area (Å²) in [6.07, 6.45) is 17.0. The highest BCUT2D eigenvalue weighted by atomic mass is 79.9. The molecule has 14 rings (SSSR count). The van der Waals surface area contributed by atoms with E-state index < -0.39 is 0 Å². The summed E-state index contributed by atoms with van der Waals surface area (Å²) < 4.78 is 1.94. The van der Waals surface area contributed by atoms with Gasteiger partial charge in [0, 0.05) is 59.2 Å². The van der Waals surface area contributed by atoms with E-state index in [1.54, 1.807) is 0 Å². The van der Waals surface area contributed by atoms with Crippen molar-refractivity contribution < 1.29 is 19.2 Å². The molecule has 10 aromatic rings. The summed E-state index contributed by atoms with van der Waals surface area (Å²) in [5, 5.41) is 9.86. The Morgan fingerprint density at radius 2 is 0.598 bits per heavy atom. The van der Waals surface area contributed by atoms with E-state index in [1.165, 1.54) is 43.1 Å². The van der Waals surface area contributed by atoms with Crippen LogP contribution in [-0.2, 0) is 19.2 Å². The van der Waals surface area contributed by atoms with Gasteiger partial charge in [-0.25, -0.2) is 0 Å². The van der Waals surface area contributed by atoms with Crippen molar-refractivity contribution in [3.63, 3.8) is 0 Å². The van der Waals surface area contributed by atoms with Crippen LogP contribution in [0.2, 0.25) is 0 Å². The summed E-state index contributed by atoms with van der Waals surface area (Å²) in [4.78, 5) is 66.9. The summed E-state index contributed by atoms with van der Waals surface area (Å²) in [6.45, 7) is 13.3. The van der Waals surface area contributed by atoms with Crippen LogP contribution in [0.3, 0.4) is 0 Å². The first kappa shape index (κ1) is 72.4. The number of anilines is 3. The van der Waals surface area contributed by atoms with Crippen molar-refractivity contribution in [3.05, 3.63) is 265 Å². The van der Waals surface area contributed by atoms with Gasteiger partial charge in [0.2, 0.25) is 0 Å². The third-order valence-corrected chi connectivity index (χ3v) is 21.3. The van der Waals surface area contributed by atoms with Crippen molar-refractivity contribution in [3.8, 4) is 0 Å². The van der Waals surface area contributed by atoms with Crippen LogP contribution < -0.4 is 10.6 Å². The van der Waals surface area contributed by atoms with Crippen LogP contribution in [-0.4, -0.2) is 76.5 Å². The molecular weight excluding hydrogens is 1390 g/mol. The number of carbonyl (C=O) groups excluding carboxylic acids is 4. The minimum atomic E-state index is -0.0543. The van der Waals surface area contributed by atoms with E-state index in [9.17, 15) is 19.2 Å². The third kappa shape index (κ3) is 15.8. The van der Waals surface area contributed by atoms with Gasteiger partial charge in [-0.2, -0.15) is 0 Å². The second kappa shape index (κ2) is 33.6. The number of hydrogen-bond donors (Lipinski definition) is 1. The monoisotopic (exact) mass is 1480 g/mol. The van der Waals surface area contributed by atoms with Crippen molar-refractivity contribution in [2.75, 3.05) is 43.9 Å². The summed E-state index contributed by atoms with van der Waals surface area (Å²) in [7, 11) is 2.09. The van der Waals surface area contributed by atoms with Gasteiger partial charge >= 0.3 is 0 Å². The number of nitrogens with two attached hydrogens (primary N) is 1. The number of nitrogen functional groups attached to an aromatic ring is 1. The molecule has 4 aliphatic heterocycles. The first-order valence-corrected chi connectivity index (χ1v) is 38.6. The SMILES string of the molecule is CCCCCCN1C(=O)C2=C(c3ccc(Br)cc3)N(CCCCCC)C(=O)C2=C1c1ccc(Br)cc1.CCCCCCN1C(=O)C2=C(c3ccc(N(C)c4ccc5cc6ccccc6cc5c4)cc3)N(CCCCCC)C(=O)C2=C1c1ccc(C)cc1.Nc1ccc2cc3ccccc3cc2c1. The molecular formula is C90H94Br2N6O4. The standard InChI is InChI=1S/C46H49N3O2.C30H34Br2N2O2.C14H11N/c1-5-7-9-13-27-48-43(33-19-17-32(3)18-20-33)41-42(46(48)51)44(49(45(41)50)28-14-10-8-6-2)34-21-24-39(25-22-34)47(4)40-26-23-37-29-35-15-11-12-16-36(35)30-38(37)31-40;1-3-5-7-9-19-33-27(21-11-15-23(31)16-12-21)25-26(29(33)35)28(22-13-17-24(32)18-14-22)34(30(25)36)20-10-8-6-4-2;15-14-6-5-12-7-10-3-1-2-4-11(10)8-13(12)9-14/h11-12,15-26,29-31H,5-10,13-14,27-28H2,1-4H3;11-18H,3-10,19-20H2,1-2H3;1-9H,15H2. The van der Waals surface area contributed by atoms with Crippen LogP contribution >= 0.6 is 31.9 Å². The zero-order valence-corrected chi connectivity index (χ0v) is 63.1. The molecule has 0 bridgehead atoms. The molecule has 102 heavy (non-hydrogen) atoms. The maximum absolute atomic E-state index is 14.5. The summed E-state index contributed by atoms with van der Waals surface area (Å²) in [5.41, 5.74) is 18.8. The van der Waals surface area contributed by atoms with Crippen LogP contribution in [0, 0.1) is 6.92 Å². The van der Waals surface area contributed by atoms with E-state index in [0.717, 1.165) is 179 Å². The second-order valence-corrected chi connectivity index (χ2v) is 29.3. The lowest BCUT2D eigenvalue weighted by molar-refractivity contribution is -0.124. The van der Waals surface area contributed by atoms with E-state index in [1.807, 2.05) is 80.3 Å². The van der Waals surface area contributed by atoms with Crippen LogP contribution in [0.15, 0.2) is 237 Å². The summed E-state index contributed by atoms with van der Waals surface area (Å²) >= 11 is 7.04. The molecule has 4 amide bonds. The van der Waals surface area contributed by atoms with Gasteiger partial charge in [-0.1, -0.05) is 263 Å². The van der Waals surface area contributed by atoms with E-state index in [2.05, 4.69) is 224 Å². The molecule has 0 saturated carbocycles. The highest BCUT2D eigenvalue weighted by Crippen LogP contribution is 2.49. The molecule has 522 valence electrons. The Kier molecular flexibility index (Phi) is 23.9. The Labute approximate surface area is 619 Å². The lowest BCUT2D eigenvalue weighted by atomic mass is 10.0. The minimum absolute atomic E-state index is 0.0539. The molecule has 0 atom stereocenters. The number of unbranched alkanes of at least 4 members (excludes halogenated alkanes) is 12. The average Bonchev–Trinajstić information content (AvgIpc) is 1.56. The van der Waals surface area contributed by atoms with Gasteiger partial charge in [-0.3, -0.25) is 19.2 Å². The Morgan fingerprint density at radius 1 is 0.314 bits per heavy atom. The Balaban J connectivity index is 0.000000165. The number of fused-ring (bicyclic) bond motifs is 6. The predicted molar refractivity (Wildman–Crippen MR) is 432 cm³/mol. The van der Waals surface area contributed by atoms with Gasteiger partial charge in [-0.15, -0.1) is 0 Å². The Bertz CT molecular complexity index is 4770. The van der Waals surface area contributed by atoms with Crippen molar-refractivity contribution >= 4 is 138 Å². The molecule has 0 fully saturated rings. The van der Waals surface area contributed by atoms with Crippen molar-refractivity contribution in [1.29, 1.82) is 0 Å². The Hall–Kier alpha value is -9.36. The second-order valence-electron chi connectivity index (χ2n) is 27.5. The average molecular weight is 1480 g/mol. The lowest BCUT2D eigenvalue weighted by Gasteiger charge is -2.26. The number of hydrogen-bond acceptors (Lipinski definition) is 6. The molecule has 0 unspecified atom stereocenters. The van der Waals surface area contributed by atoms with Crippen molar-refractivity contribution in [1.82, 2.24) is 19.6 Å². The van der Waals surface area contributed by atoms with Crippen molar-refractivity contribution in [2.24, 2.45) is 0 Å². The Morgan fingerprint density at radius 3 is 0.941 bits per heavy atom. The van der Waals surface area contributed by atoms with Crippen LogP contribution in [0.4, 0.5) is 17.1 Å². The van der Waals surface area contributed by atoms with Crippen LogP contribution in [0.1, 0.15) is 158 Å². The highest BCUT2D eigenvalue weighted by molar-refractivity contribution is 9.10. The molecule has 2 N–H and O–H groups in total. The zero-order chi connectivity index (χ0) is 71.4. The van der Waals surface area contributed by atoms with Crippen LogP contribution in [0.5, 0.6) is 0 Å². The number of benzene rings is 10. The van der Waals surface area contributed by atoms with Gasteiger partial charge in [0.05, 0.1) is 45.1 Å². The van der Waals surface area contributed by atoms with E-state index >= 15 is 0 Å². The lowest BCUT2D eigenvalue weighted by Crippen LogP contribution is -2.31. The smallest absolute Gasteiger partial charge is 0.261 e. The molecule has 0 radical (unpaired) electrons. The normalized spacial score (nSPS) is 14.4. The molecule has 12 heteroatoms. The van der Waals surface area contributed by atoms with Gasteiger partial charge in [0.15, 0.2) is 0 Å². The fourth-order valence-corrected chi connectivity index (χ4v) is 15.2. The maximum Gasteiger partial charge on any atom is 0.261 e. The molecule has 0 aromatic heterocycles. The fourth-order valence-electron chi connectivity index (χ4n) is 14.6. The van der Waals surface area contributed by atoms with Gasteiger partial charge in [0.25, 0.3) is 23.6 Å². The number of aryl methyl sites for hydroxylation is 1. The fraction of sp³-hybridized carbons (Fsp3) is 0.289. The quantitative estimate of drug-likeness (QED) is 0.0328. The largest absolute Gasteiger partial charge is 0.399 e. The number of rotatable bonds is 26. The molecule has 0 saturated heterocycles. The first-order chi connectivity index (χ1) is 49.7. The predicted octanol–water partition coefficient (Wildman–Crippen LogP) is 22.8. The molecule has 4 aliphatic rings. The highest BCUT2D eigenvalue weighted by Gasteiger charge is 2.50. The van der Waals surface area contributed by atoms with E-state index in [0.29, 0.717) is 48.5 Å². The molecule has 0 aliphatic carbocycles. The molecule has 10 aromatic carbocycles. The third-order valence-electron chi connectivity index (χ3n) is 20.2. The zero-order valence-electron chi connectivity index (χ0n) is 60.0.